The number of morpholine rings is 1. The fourth-order valence-corrected chi connectivity index (χ4v) is 3.20. The molecule has 16 heavy (non-hydrogen) atoms. The van der Waals surface area contributed by atoms with Crippen LogP contribution in [-0.2, 0) is 4.74 Å². The van der Waals surface area contributed by atoms with E-state index >= 15 is 0 Å². The van der Waals surface area contributed by atoms with Crippen LogP contribution in [0.1, 0.15) is 39.0 Å². The van der Waals surface area contributed by atoms with Gasteiger partial charge < -0.3 is 9.84 Å². The Balaban J connectivity index is 1.95. The molecule has 0 aromatic carbocycles. The predicted octanol–water partition coefficient (Wildman–Crippen LogP) is 1.65. The van der Waals surface area contributed by atoms with E-state index in [1.165, 1.54) is 25.7 Å². The van der Waals surface area contributed by atoms with Crippen LogP contribution in [0.4, 0.5) is 0 Å². The van der Waals surface area contributed by atoms with E-state index in [1.54, 1.807) is 0 Å². The Hall–Kier alpha value is -0.120. The summed E-state index contributed by atoms with van der Waals surface area (Å²) in [5, 5.41) is 9.65. The number of hydrogen-bond donors (Lipinski definition) is 1. The Kier molecular flexibility index (Phi) is 4.22. The molecule has 2 fully saturated rings. The van der Waals surface area contributed by atoms with Gasteiger partial charge in [-0.2, -0.15) is 0 Å². The van der Waals surface area contributed by atoms with Crippen molar-refractivity contribution >= 4 is 0 Å². The van der Waals surface area contributed by atoms with Gasteiger partial charge >= 0.3 is 0 Å². The van der Waals surface area contributed by atoms with E-state index in [4.69, 9.17) is 4.74 Å². The fraction of sp³-hybridized carbons (Fsp3) is 1.00. The molecule has 1 heterocycles. The van der Waals surface area contributed by atoms with Gasteiger partial charge in [0.2, 0.25) is 0 Å². The molecule has 1 unspecified atom stereocenters. The van der Waals surface area contributed by atoms with Crippen LogP contribution in [0.3, 0.4) is 0 Å². The fourth-order valence-electron chi connectivity index (χ4n) is 3.20. The third kappa shape index (κ3) is 2.58. The number of rotatable bonds is 4. The van der Waals surface area contributed by atoms with E-state index in [0.717, 1.165) is 32.7 Å². The average molecular weight is 227 g/mol. The molecule has 3 nitrogen and oxygen atoms in total. The molecule has 2 aliphatic rings. The molecule has 94 valence electrons. The number of hydrogen-bond acceptors (Lipinski definition) is 3. The van der Waals surface area contributed by atoms with Crippen molar-refractivity contribution in [3.05, 3.63) is 0 Å². The summed E-state index contributed by atoms with van der Waals surface area (Å²) >= 11 is 0. The topological polar surface area (TPSA) is 32.7 Å². The number of aliphatic hydroxyl groups excluding tert-OH is 1. The van der Waals surface area contributed by atoms with E-state index in [1.807, 2.05) is 0 Å². The Labute approximate surface area is 98.8 Å². The summed E-state index contributed by atoms with van der Waals surface area (Å²) in [6, 6.07) is 0.567. The van der Waals surface area contributed by atoms with Crippen molar-refractivity contribution in [2.24, 2.45) is 5.41 Å². The second-order valence-corrected chi connectivity index (χ2v) is 5.47. The van der Waals surface area contributed by atoms with Crippen molar-refractivity contribution in [1.29, 1.82) is 0 Å². The largest absolute Gasteiger partial charge is 0.396 e. The molecular weight excluding hydrogens is 202 g/mol. The van der Waals surface area contributed by atoms with Crippen molar-refractivity contribution in [3.8, 4) is 0 Å². The predicted molar refractivity (Wildman–Crippen MR) is 64.5 cm³/mol. The maximum absolute atomic E-state index is 9.65. The van der Waals surface area contributed by atoms with Gasteiger partial charge in [-0.3, -0.25) is 4.90 Å². The second-order valence-electron chi connectivity index (χ2n) is 5.47. The first-order valence-electron chi connectivity index (χ1n) is 6.72. The summed E-state index contributed by atoms with van der Waals surface area (Å²) in [5.41, 5.74) is 0.199. The zero-order valence-electron chi connectivity index (χ0n) is 10.5. The highest BCUT2D eigenvalue weighted by molar-refractivity contribution is 4.89. The van der Waals surface area contributed by atoms with Gasteiger partial charge in [-0.1, -0.05) is 19.8 Å². The maximum atomic E-state index is 9.65. The van der Waals surface area contributed by atoms with Crippen LogP contribution in [0.2, 0.25) is 0 Å². The van der Waals surface area contributed by atoms with Gasteiger partial charge in [0.25, 0.3) is 0 Å². The smallest absolute Gasteiger partial charge is 0.0622 e. The molecule has 0 aromatic rings. The van der Waals surface area contributed by atoms with Gasteiger partial charge in [0, 0.05) is 31.2 Å². The number of ether oxygens (including phenoxy) is 1. The molecule has 1 saturated heterocycles. The molecule has 1 aliphatic heterocycles. The molecule has 0 amide bonds. The van der Waals surface area contributed by atoms with Crippen LogP contribution in [0.25, 0.3) is 0 Å². The summed E-state index contributed by atoms with van der Waals surface area (Å²) in [5.74, 6) is 0. The van der Waals surface area contributed by atoms with Crippen molar-refractivity contribution in [2.75, 3.05) is 32.9 Å². The van der Waals surface area contributed by atoms with Crippen molar-refractivity contribution in [2.45, 2.75) is 45.1 Å². The zero-order chi connectivity index (χ0) is 11.4. The summed E-state index contributed by atoms with van der Waals surface area (Å²) in [6.45, 7) is 6.44. The Bertz CT molecular complexity index is 214. The summed E-state index contributed by atoms with van der Waals surface area (Å²) < 4.78 is 5.53. The van der Waals surface area contributed by atoms with Gasteiger partial charge in [0.15, 0.2) is 0 Å². The van der Waals surface area contributed by atoms with Crippen LogP contribution in [0.15, 0.2) is 0 Å². The SMILES string of the molecule is CCC1COCCN1CC1(CO)CCCC1. The molecule has 1 saturated carbocycles. The molecule has 0 spiro atoms. The standard InChI is InChI=1S/C13H25NO2/c1-2-12-9-16-8-7-14(12)10-13(11-15)5-3-4-6-13/h12,15H,2-11H2,1H3. The molecule has 0 radical (unpaired) electrons. The number of aliphatic hydroxyl groups is 1. The first-order valence-corrected chi connectivity index (χ1v) is 6.72. The van der Waals surface area contributed by atoms with Crippen LogP contribution in [0.5, 0.6) is 0 Å². The summed E-state index contributed by atoms with van der Waals surface area (Å²) in [7, 11) is 0. The molecule has 1 aliphatic carbocycles. The molecule has 1 atom stereocenters. The molecule has 0 aromatic heterocycles. The summed E-state index contributed by atoms with van der Waals surface area (Å²) in [6.07, 6.45) is 6.15. The van der Waals surface area contributed by atoms with Gasteiger partial charge in [-0.05, 0) is 19.3 Å². The number of nitrogens with zero attached hydrogens (tertiary/aromatic N) is 1. The highest BCUT2D eigenvalue weighted by Gasteiger charge is 2.37. The Morgan fingerprint density at radius 1 is 1.38 bits per heavy atom. The maximum Gasteiger partial charge on any atom is 0.0622 e. The van der Waals surface area contributed by atoms with Gasteiger partial charge in [0.1, 0.15) is 0 Å². The van der Waals surface area contributed by atoms with E-state index in [9.17, 15) is 5.11 Å². The second kappa shape index (κ2) is 5.48. The lowest BCUT2D eigenvalue weighted by molar-refractivity contribution is -0.0364. The lowest BCUT2D eigenvalue weighted by Gasteiger charge is -2.40. The normalized spacial score (nSPS) is 30.8. The van der Waals surface area contributed by atoms with Gasteiger partial charge in [-0.25, -0.2) is 0 Å². The van der Waals surface area contributed by atoms with Crippen LogP contribution < -0.4 is 0 Å². The average Bonchev–Trinajstić information content (AvgIpc) is 2.79. The Morgan fingerprint density at radius 3 is 2.75 bits per heavy atom. The minimum atomic E-state index is 0.199. The lowest BCUT2D eigenvalue weighted by Crippen LogP contribution is -2.50. The first kappa shape index (κ1) is 12.3. The minimum absolute atomic E-state index is 0.199. The van der Waals surface area contributed by atoms with E-state index in [0.29, 0.717) is 12.6 Å². The quantitative estimate of drug-likeness (QED) is 0.792. The minimum Gasteiger partial charge on any atom is -0.396 e. The highest BCUT2D eigenvalue weighted by Crippen LogP contribution is 2.39. The van der Waals surface area contributed by atoms with Crippen LogP contribution in [0, 0.1) is 5.41 Å². The van der Waals surface area contributed by atoms with E-state index < -0.39 is 0 Å². The van der Waals surface area contributed by atoms with Crippen LogP contribution >= 0.6 is 0 Å². The van der Waals surface area contributed by atoms with E-state index in [2.05, 4.69) is 11.8 Å². The molecular formula is C13H25NO2. The van der Waals surface area contributed by atoms with E-state index in [-0.39, 0.29) is 5.41 Å². The van der Waals surface area contributed by atoms with Gasteiger partial charge in [-0.15, -0.1) is 0 Å². The first-order chi connectivity index (χ1) is 7.79. The molecule has 1 N–H and O–H groups in total. The van der Waals surface area contributed by atoms with Crippen LogP contribution in [-0.4, -0.2) is 49.0 Å². The lowest BCUT2D eigenvalue weighted by atomic mass is 9.86. The van der Waals surface area contributed by atoms with Gasteiger partial charge in [0.05, 0.1) is 13.2 Å². The molecule has 3 heteroatoms. The molecule has 0 bridgehead atoms. The summed E-state index contributed by atoms with van der Waals surface area (Å²) in [4.78, 5) is 2.55. The zero-order valence-corrected chi connectivity index (χ0v) is 10.5. The third-order valence-corrected chi connectivity index (χ3v) is 4.36. The Morgan fingerprint density at radius 2 is 2.12 bits per heavy atom. The van der Waals surface area contributed by atoms with Crippen molar-refractivity contribution in [1.82, 2.24) is 4.90 Å². The molecule has 2 rings (SSSR count). The third-order valence-electron chi connectivity index (χ3n) is 4.36. The van der Waals surface area contributed by atoms with Crippen molar-refractivity contribution < 1.29 is 9.84 Å². The van der Waals surface area contributed by atoms with Crippen molar-refractivity contribution in [3.63, 3.8) is 0 Å². The monoisotopic (exact) mass is 227 g/mol. The highest BCUT2D eigenvalue weighted by atomic mass is 16.5.